The Labute approximate surface area is 91.6 Å². The van der Waals surface area contributed by atoms with Gasteiger partial charge in [0.2, 0.25) is 5.95 Å². The van der Waals surface area contributed by atoms with Crippen LogP contribution in [0.1, 0.15) is 6.92 Å². The Balaban J connectivity index is 2.90. The van der Waals surface area contributed by atoms with E-state index in [9.17, 15) is 4.79 Å². The van der Waals surface area contributed by atoms with Crippen molar-refractivity contribution in [1.29, 1.82) is 0 Å². The molecule has 1 rings (SSSR count). The van der Waals surface area contributed by atoms with E-state index in [2.05, 4.69) is 20.3 Å². The lowest BCUT2D eigenvalue weighted by Crippen LogP contribution is -2.26. The van der Waals surface area contributed by atoms with Gasteiger partial charge in [0.1, 0.15) is 6.04 Å². The van der Waals surface area contributed by atoms with E-state index >= 15 is 0 Å². The molecule has 0 aromatic carbocycles. The molecule has 2 N–H and O–H groups in total. The van der Waals surface area contributed by atoms with Crippen molar-refractivity contribution in [2.45, 2.75) is 13.0 Å². The second-order valence-corrected chi connectivity index (χ2v) is 2.84. The molecule has 0 aliphatic carbocycles. The second kappa shape index (κ2) is 5.10. The zero-order valence-corrected chi connectivity index (χ0v) is 9.09. The lowest BCUT2D eigenvalue weighted by molar-refractivity contribution is -0.137. The average molecular weight is 228 g/mol. The van der Waals surface area contributed by atoms with Gasteiger partial charge in [-0.3, -0.25) is 4.79 Å². The summed E-state index contributed by atoms with van der Waals surface area (Å²) in [5, 5.41) is 11.3. The van der Waals surface area contributed by atoms with Gasteiger partial charge in [-0.25, -0.2) is 0 Å². The van der Waals surface area contributed by atoms with Gasteiger partial charge in [-0.1, -0.05) is 0 Å². The first-order valence-electron chi connectivity index (χ1n) is 4.40. The third kappa shape index (κ3) is 2.94. The Morgan fingerprint density at radius 1 is 1.25 bits per heavy atom. The van der Waals surface area contributed by atoms with Crippen LogP contribution in [0, 0.1) is 0 Å². The fourth-order valence-corrected chi connectivity index (χ4v) is 0.841. The van der Waals surface area contributed by atoms with Gasteiger partial charge < -0.3 is 19.9 Å². The number of carboxylic acids is 1. The molecular formula is C8H12N4O4. The summed E-state index contributed by atoms with van der Waals surface area (Å²) < 4.78 is 9.62. The van der Waals surface area contributed by atoms with Crippen molar-refractivity contribution in [3.05, 3.63) is 0 Å². The van der Waals surface area contributed by atoms with Crippen LogP contribution in [-0.2, 0) is 4.79 Å². The van der Waals surface area contributed by atoms with E-state index in [1.807, 2.05) is 0 Å². The third-order valence-electron chi connectivity index (χ3n) is 1.68. The Morgan fingerprint density at radius 3 is 2.12 bits per heavy atom. The first kappa shape index (κ1) is 12.0. The van der Waals surface area contributed by atoms with Gasteiger partial charge in [0.05, 0.1) is 14.2 Å². The smallest absolute Gasteiger partial charge is 0.325 e. The molecule has 0 fully saturated rings. The molecule has 1 aromatic heterocycles. The Kier molecular flexibility index (Phi) is 3.81. The van der Waals surface area contributed by atoms with Crippen molar-refractivity contribution in [3.63, 3.8) is 0 Å². The fourth-order valence-electron chi connectivity index (χ4n) is 0.841. The topological polar surface area (TPSA) is 106 Å². The van der Waals surface area contributed by atoms with Gasteiger partial charge in [0.15, 0.2) is 0 Å². The third-order valence-corrected chi connectivity index (χ3v) is 1.68. The summed E-state index contributed by atoms with van der Waals surface area (Å²) in [6.45, 7) is 1.46. The molecule has 0 aliphatic heterocycles. The summed E-state index contributed by atoms with van der Waals surface area (Å²) in [6.07, 6.45) is 0. The number of aromatic nitrogens is 3. The van der Waals surface area contributed by atoms with Crippen LogP contribution >= 0.6 is 0 Å². The van der Waals surface area contributed by atoms with Gasteiger partial charge in [0, 0.05) is 0 Å². The van der Waals surface area contributed by atoms with Crippen molar-refractivity contribution >= 4 is 11.9 Å². The van der Waals surface area contributed by atoms with Crippen LogP contribution in [0.5, 0.6) is 12.0 Å². The molecule has 0 amide bonds. The van der Waals surface area contributed by atoms with Gasteiger partial charge in [-0.05, 0) is 6.92 Å². The lowest BCUT2D eigenvalue weighted by atomic mass is 10.3. The summed E-state index contributed by atoms with van der Waals surface area (Å²) in [6, 6.07) is -0.726. The molecule has 0 spiro atoms. The monoisotopic (exact) mass is 228 g/mol. The van der Waals surface area contributed by atoms with Gasteiger partial charge >= 0.3 is 18.0 Å². The second-order valence-electron chi connectivity index (χ2n) is 2.84. The molecule has 8 heteroatoms. The van der Waals surface area contributed by atoms with Gasteiger partial charge in [0.25, 0.3) is 0 Å². The van der Waals surface area contributed by atoms with E-state index in [4.69, 9.17) is 14.6 Å². The van der Waals surface area contributed by atoms with Gasteiger partial charge in [-0.15, -0.1) is 4.98 Å². The van der Waals surface area contributed by atoms with Crippen molar-refractivity contribution in [2.24, 2.45) is 0 Å². The Bertz CT molecular complexity index is 362. The molecule has 0 bridgehead atoms. The summed E-state index contributed by atoms with van der Waals surface area (Å²) >= 11 is 0. The Hall–Kier alpha value is -2.12. The SMILES string of the molecule is COc1nc(NC(C)C(=O)O)nc(OC)n1. The van der Waals surface area contributed by atoms with Crippen LogP contribution in [0.15, 0.2) is 0 Å². The lowest BCUT2D eigenvalue weighted by Gasteiger charge is -2.09. The molecule has 1 unspecified atom stereocenters. The number of carbonyl (C=O) groups is 1. The van der Waals surface area contributed by atoms with Crippen molar-refractivity contribution in [3.8, 4) is 12.0 Å². The van der Waals surface area contributed by atoms with Crippen molar-refractivity contribution in [2.75, 3.05) is 19.5 Å². The predicted octanol–water partition coefficient (Wildman–Crippen LogP) is -0.226. The minimum Gasteiger partial charge on any atom is -0.480 e. The highest BCUT2D eigenvalue weighted by Crippen LogP contribution is 2.12. The number of rotatable bonds is 5. The number of carboxylic acid groups (broad SMARTS) is 1. The molecule has 1 heterocycles. The van der Waals surface area contributed by atoms with E-state index in [0.717, 1.165) is 0 Å². The number of nitrogens with zero attached hydrogens (tertiary/aromatic N) is 3. The summed E-state index contributed by atoms with van der Waals surface area (Å²) in [5.41, 5.74) is 0. The quantitative estimate of drug-likeness (QED) is 0.712. The first-order chi connectivity index (χ1) is 7.56. The van der Waals surface area contributed by atoms with E-state index in [0.29, 0.717) is 0 Å². The van der Waals surface area contributed by atoms with E-state index < -0.39 is 12.0 Å². The number of hydrogen-bond acceptors (Lipinski definition) is 7. The Morgan fingerprint density at radius 2 is 1.75 bits per heavy atom. The zero-order valence-electron chi connectivity index (χ0n) is 9.09. The van der Waals surface area contributed by atoms with Crippen LogP contribution in [0.2, 0.25) is 0 Å². The molecular weight excluding hydrogens is 216 g/mol. The standard InChI is InChI=1S/C8H12N4O4/c1-4(5(13)14)9-6-10-7(15-2)12-8(11-6)16-3/h4H,1-3H3,(H,13,14)(H,9,10,11,12). The molecule has 16 heavy (non-hydrogen) atoms. The molecule has 0 saturated carbocycles. The summed E-state index contributed by atoms with van der Waals surface area (Å²) in [5.74, 6) is -0.933. The maximum absolute atomic E-state index is 10.6. The van der Waals surface area contributed by atoms with Crippen LogP contribution in [0.25, 0.3) is 0 Å². The number of nitrogens with one attached hydrogen (secondary N) is 1. The highest BCUT2D eigenvalue weighted by atomic mass is 16.5. The number of aliphatic carboxylic acids is 1. The molecule has 0 radical (unpaired) electrons. The van der Waals surface area contributed by atoms with E-state index in [-0.39, 0.29) is 18.0 Å². The number of anilines is 1. The minimum atomic E-state index is -1.02. The molecule has 1 aromatic rings. The van der Waals surface area contributed by atoms with Crippen LogP contribution in [-0.4, -0.2) is 46.3 Å². The number of ether oxygens (including phenoxy) is 2. The van der Waals surface area contributed by atoms with Crippen molar-refractivity contribution in [1.82, 2.24) is 15.0 Å². The maximum atomic E-state index is 10.6. The fraction of sp³-hybridized carbons (Fsp3) is 0.500. The predicted molar refractivity (Wildman–Crippen MR) is 53.7 cm³/mol. The van der Waals surface area contributed by atoms with Crippen LogP contribution in [0.3, 0.4) is 0 Å². The zero-order chi connectivity index (χ0) is 12.1. The minimum absolute atomic E-state index is 0.0481. The molecule has 8 nitrogen and oxygen atoms in total. The highest BCUT2D eigenvalue weighted by molar-refractivity contribution is 5.75. The average Bonchev–Trinajstić information content (AvgIpc) is 2.28. The number of hydrogen-bond donors (Lipinski definition) is 2. The largest absolute Gasteiger partial charge is 0.480 e. The highest BCUT2D eigenvalue weighted by Gasteiger charge is 2.14. The molecule has 88 valence electrons. The molecule has 0 aliphatic rings. The molecule has 1 atom stereocenters. The summed E-state index contributed by atoms with van der Waals surface area (Å²) in [4.78, 5) is 22.0. The van der Waals surface area contributed by atoms with Crippen molar-refractivity contribution < 1.29 is 19.4 Å². The van der Waals surface area contributed by atoms with Crippen LogP contribution in [0.4, 0.5) is 5.95 Å². The normalized spacial score (nSPS) is 11.7. The van der Waals surface area contributed by atoms with E-state index in [1.165, 1.54) is 21.1 Å². The summed E-state index contributed by atoms with van der Waals surface area (Å²) in [7, 11) is 2.78. The first-order valence-corrected chi connectivity index (χ1v) is 4.40. The molecule has 0 saturated heterocycles. The van der Waals surface area contributed by atoms with Crippen LogP contribution < -0.4 is 14.8 Å². The van der Waals surface area contributed by atoms with Gasteiger partial charge in [-0.2, -0.15) is 9.97 Å². The number of methoxy groups -OCH3 is 2. The van der Waals surface area contributed by atoms with E-state index in [1.54, 1.807) is 0 Å². The maximum Gasteiger partial charge on any atom is 0.325 e.